The Balaban J connectivity index is 2.13. The van der Waals surface area contributed by atoms with Gasteiger partial charge in [0.2, 0.25) is 10.0 Å². The first-order chi connectivity index (χ1) is 12.2. The minimum atomic E-state index is -3.66. The number of esters is 2. The largest absolute Gasteiger partial charge is 0.465 e. The molecule has 0 unspecified atom stereocenters. The second-order valence-electron chi connectivity index (χ2n) is 5.57. The fraction of sp³-hybridized carbons (Fsp3) is 0.294. The van der Waals surface area contributed by atoms with Crippen LogP contribution in [-0.2, 0) is 26.1 Å². The zero-order valence-corrected chi connectivity index (χ0v) is 15.6. The van der Waals surface area contributed by atoms with Crippen LogP contribution in [0.1, 0.15) is 32.2 Å². The summed E-state index contributed by atoms with van der Waals surface area (Å²) in [6, 6.07) is 6.97. The summed E-state index contributed by atoms with van der Waals surface area (Å²) < 4.78 is 40.4. The predicted octanol–water partition coefficient (Wildman–Crippen LogP) is 1.98. The molecule has 9 heteroatoms. The van der Waals surface area contributed by atoms with E-state index in [1.807, 2.05) is 0 Å². The van der Waals surface area contributed by atoms with E-state index in [9.17, 15) is 18.0 Å². The molecule has 1 aromatic heterocycles. The minimum absolute atomic E-state index is 0.0150. The van der Waals surface area contributed by atoms with Gasteiger partial charge in [0, 0.05) is 14.1 Å². The molecule has 0 spiro atoms. The second-order valence-corrected chi connectivity index (χ2v) is 7.72. The Morgan fingerprint density at radius 2 is 1.85 bits per heavy atom. The van der Waals surface area contributed by atoms with Gasteiger partial charge in [-0.2, -0.15) is 0 Å². The smallest absolute Gasteiger partial charge is 0.341 e. The lowest BCUT2D eigenvalue weighted by molar-refractivity contribution is 0.0443. The van der Waals surface area contributed by atoms with Crippen LogP contribution in [-0.4, -0.2) is 45.9 Å². The molecule has 0 fully saturated rings. The number of rotatable bonds is 6. The van der Waals surface area contributed by atoms with Crippen molar-refractivity contribution in [3.63, 3.8) is 0 Å². The van der Waals surface area contributed by atoms with Gasteiger partial charge in [-0.25, -0.2) is 22.3 Å². The van der Waals surface area contributed by atoms with Crippen LogP contribution in [0.4, 0.5) is 0 Å². The van der Waals surface area contributed by atoms with Gasteiger partial charge in [0.05, 0.1) is 17.6 Å². The fourth-order valence-electron chi connectivity index (χ4n) is 2.14. The molecule has 8 nitrogen and oxygen atoms in total. The maximum atomic E-state index is 12.2. The van der Waals surface area contributed by atoms with Crippen LogP contribution in [0.15, 0.2) is 39.6 Å². The van der Waals surface area contributed by atoms with Crippen molar-refractivity contribution in [2.75, 3.05) is 21.2 Å². The highest BCUT2D eigenvalue weighted by atomic mass is 32.2. The van der Waals surface area contributed by atoms with E-state index in [2.05, 4.69) is 4.74 Å². The van der Waals surface area contributed by atoms with E-state index < -0.39 is 22.0 Å². The Morgan fingerprint density at radius 1 is 1.15 bits per heavy atom. The molecule has 2 aromatic rings. The van der Waals surface area contributed by atoms with E-state index in [0.717, 1.165) is 4.31 Å². The summed E-state index contributed by atoms with van der Waals surface area (Å²) in [5.41, 5.74) is 0.335. The van der Waals surface area contributed by atoms with Gasteiger partial charge in [-0.3, -0.25) is 0 Å². The van der Waals surface area contributed by atoms with Crippen molar-refractivity contribution in [3.05, 3.63) is 53.0 Å². The molecule has 0 aliphatic carbocycles. The summed E-state index contributed by atoms with van der Waals surface area (Å²) >= 11 is 0. The Hall–Kier alpha value is -2.65. The van der Waals surface area contributed by atoms with Crippen molar-refractivity contribution in [2.45, 2.75) is 18.4 Å². The standard InChI is InChI=1S/C17H19NO7S/c1-11-15(17(20)23-4)9-13(25-11)10-24-16(19)12-6-5-7-14(8-12)26(21,22)18(2)3/h5-9H,10H2,1-4H3. The van der Waals surface area contributed by atoms with Crippen LogP contribution < -0.4 is 0 Å². The highest BCUT2D eigenvalue weighted by Gasteiger charge is 2.20. The Kier molecular flexibility index (Phi) is 5.83. The monoisotopic (exact) mass is 381 g/mol. The van der Waals surface area contributed by atoms with Gasteiger partial charge in [-0.1, -0.05) is 6.07 Å². The summed E-state index contributed by atoms with van der Waals surface area (Å²) in [5.74, 6) is -0.643. The second kappa shape index (κ2) is 7.71. The van der Waals surface area contributed by atoms with E-state index >= 15 is 0 Å². The van der Waals surface area contributed by atoms with Crippen molar-refractivity contribution < 1.29 is 31.9 Å². The number of carbonyl (C=O) groups excluding carboxylic acids is 2. The lowest BCUT2D eigenvalue weighted by atomic mass is 10.2. The molecule has 1 aromatic carbocycles. The number of hydrogen-bond donors (Lipinski definition) is 0. The molecule has 0 N–H and O–H groups in total. The van der Waals surface area contributed by atoms with E-state index in [1.54, 1.807) is 6.92 Å². The molecule has 1 heterocycles. The number of carbonyl (C=O) groups is 2. The minimum Gasteiger partial charge on any atom is -0.465 e. The molecule has 26 heavy (non-hydrogen) atoms. The van der Waals surface area contributed by atoms with E-state index in [0.29, 0.717) is 5.76 Å². The Labute approximate surface area is 151 Å². The number of hydrogen-bond acceptors (Lipinski definition) is 7. The molecular weight excluding hydrogens is 362 g/mol. The maximum absolute atomic E-state index is 12.2. The van der Waals surface area contributed by atoms with E-state index in [-0.39, 0.29) is 28.4 Å². The van der Waals surface area contributed by atoms with Gasteiger partial charge in [0.25, 0.3) is 0 Å². The fourth-order valence-corrected chi connectivity index (χ4v) is 3.09. The van der Waals surface area contributed by atoms with Crippen LogP contribution in [0.25, 0.3) is 0 Å². The van der Waals surface area contributed by atoms with Crippen LogP contribution in [0.3, 0.4) is 0 Å². The number of methoxy groups -OCH3 is 1. The van der Waals surface area contributed by atoms with E-state index in [1.165, 1.54) is 51.5 Å². The molecule has 0 bridgehead atoms. The molecule has 0 radical (unpaired) electrons. The van der Waals surface area contributed by atoms with Gasteiger partial charge in [-0.15, -0.1) is 0 Å². The summed E-state index contributed by atoms with van der Waals surface area (Å²) in [6.07, 6.45) is 0. The number of ether oxygens (including phenoxy) is 2. The predicted molar refractivity (Wildman–Crippen MR) is 91.2 cm³/mol. The quantitative estimate of drug-likeness (QED) is 0.705. The Morgan fingerprint density at radius 3 is 2.46 bits per heavy atom. The summed E-state index contributed by atoms with van der Waals surface area (Å²) in [6.45, 7) is 1.38. The molecule has 0 saturated carbocycles. The third-order valence-corrected chi connectivity index (χ3v) is 5.38. The summed E-state index contributed by atoms with van der Waals surface area (Å²) in [4.78, 5) is 23.7. The topological polar surface area (TPSA) is 103 Å². The molecule has 140 valence electrons. The van der Waals surface area contributed by atoms with Gasteiger partial charge < -0.3 is 13.9 Å². The first-order valence-electron chi connectivity index (χ1n) is 7.54. The average Bonchev–Trinajstić information content (AvgIpc) is 2.99. The van der Waals surface area contributed by atoms with Crippen molar-refractivity contribution >= 4 is 22.0 Å². The van der Waals surface area contributed by atoms with Crippen molar-refractivity contribution in [2.24, 2.45) is 0 Å². The van der Waals surface area contributed by atoms with Crippen molar-refractivity contribution in [3.8, 4) is 0 Å². The van der Waals surface area contributed by atoms with Crippen LogP contribution in [0, 0.1) is 6.92 Å². The molecule has 0 aliphatic heterocycles. The molecule has 2 rings (SSSR count). The maximum Gasteiger partial charge on any atom is 0.341 e. The van der Waals surface area contributed by atoms with Gasteiger partial charge in [-0.05, 0) is 31.2 Å². The number of sulfonamides is 1. The molecule has 0 amide bonds. The zero-order valence-electron chi connectivity index (χ0n) is 14.8. The van der Waals surface area contributed by atoms with Gasteiger partial charge >= 0.3 is 11.9 Å². The lowest BCUT2D eigenvalue weighted by Crippen LogP contribution is -2.22. The molecule has 0 saturated heterocycles. The number of aryl methyl sites for hydroxylation is 1. The highest BCUT2D eigenvalue weighted by molar-refractivity contribution is 7.89. The highest BCUT2D eigenvalue weighted by Crippen LogP contribution is 2.18. The van der Waals surface area contributed by atoms with E-state index in [4.69, 9.17) is 9.15 Å². The summed E-state index contributed by atoms with van der Waals surface area (Å²) in [7, 11) is 0.397. The average molecular weight is 381 g/mol. The number of furan rings is 1. The van der Waals surface area contributed by atoms with Crippen LogP contribution in [0.5, 0.6) is 0 Å². The van der Waals surface area contributed by atoms with Crippen LogP contribution >= 0.6 is 0 Å². The normalized spacial score (nSPS) is 11.4. The zero-order chi connectivity index (χ0) is 19.5. The third-order valence-electron chi connectivity index (χ3n) is 3.57. The van der Waals surface area contributed by atoms with Crippen LogP contribution in [0.2, 0.25) is 0 Å². The van der Waals surface area contributed by atoms with Gasteiger partial charge in [0.1, 0.15) is 23.7 Å². The SMILES string of the molecule is COC(=O)c1cc(COC(=O)c2cccc(S(=O)(=O)N(C)C)c2)oc1C. The number of benzene rings is 1. The number of nitrogens with zero attached hydrogens (tertiary/aromatic N) is 1. The Bertz CT molecular complexity index is 928. The van der Waals surface area contributed by atoms with Gasteiger partial charge in [0.15, 0.2) is 0 Å². The lowest BCUT2D eigenvalue weighted by Gasteiger charge is -2.12. The van der Waals surface area contributed by atoms with Crippen molar-refractivity contribution in [1.29, 1.82) is 0 Å². The van der Waals surface area contributed by atoms with Crippen molar-refractivity contribution in [1.82, 2.24) is 4.31 Å². The molecular formula is C17H19NO7S. The molecule has 0 atom stereocenters. The summed E-state index contributed by atoms with van der Waals surface area (Å²) in [5, 5.41) is 0. The first kappa shape index (κ1) is 19.7. The third kappa shape index (κ3) is 4.12. The molecule has 0 aliphatic rings. The first-order valence-corrected chi connectivity index (χ1v) is 8.98.